The van der Waals surface area contributed by atoms with E-state index in [1.807, 2.05) is 0 Å². The third-order valence-electron chi connectivity index (χ3n) is 5.65. The van der Waals surface area contributed by atoms with Crippen LogP contribution in [0.15, 0.2) is 47.1 Å². The molecular weight excluding hydrogens is 384 g/mol. The van der Waals surface area contributed by atoms with Crippen molar-refractivity contribution >= 4 is 22.2 Å². The molecule has 3 aromatic rings. The molecular formula is C23H27N2O3S+. The highest BCUT2D eigenvalue weighted by molar-refractivity contribution is 7.16. The highest BCUT2D eigenvalue weighted by Gasteiger charge is 2.33. The molecule has 4 rings (SSSR count). The average molecular weight is 412 g/mol. The molecule has 2 N–H and O–H groups in total. The number of hydrogen-bond acceptors (Lipinski definition) is 4. The van der Waals surface area contributed by atoms with Crippen molar-refractivity contribution in [3.8, 4) is 0 Å². The average Bonchev–Trinajstić information content (AvgIpc) is 3.35. The van der Waals surface area contributed by atoms with Crippen LogP contribution in [0.1, 0.15) is 43.7 Å². The molecule has 1 saturated heterocycles. The van der Waals surface area contributed by atoms with E-state index in [1.54, 1.807) is 23.5 Å². The summed E-state index contributed by atoms with van der Waals surface area (Å²) in [5, 5.41) is 4.02. The Morgan fingerprint density at radius 1 is 1.10 bits per heavy atom. The largest absolute Gasteiger partial charge is 0.459 e. The van der Waals surface area contributed by atoms with Crippen molar-refractivity contribution in [2.75, 3.05) is 31.6 Å². The normalized spacial score (nSPS) is 16.0. The van der Waals surface area contributed by atoms with E-state index >= 15 is 0 Å². The van der Waals surface area contributed by atoms with E-state index in [9.17, 15) is 4.79 Å². The van der Waals surface area contributed by atoms with Crippen molar-refractivity contribution in [1.29, 1.82) is 0 Å². The van der Waals surface area contributed by atoms with Gasteiger partial charge in [-0.25, -0.2) is 0 Å². The van der Waals surface area contributed by atoms with E-state index in [-0.39, 0.29) is 11.9 Å². The Morgan fingerprint density at radius 3 is 2.48 bits per heavy atom. The van der Waals surface area contributed by atoms with E-state index in [0.29, 0.717) is 5.76 Å². The standard InChI is InChI=1S/C23H26N2O3S/c1-15-6-8-18(9-7-15)21(25-10-13-27-14-11-25)20-16(2)17(3)29-23(20)24-22(26)19-5-4-12-28-19/h4-9,12,21H,10-11,13-14H2,1-3H3,(H,24,26)/p+1/t21-/m0/s1. The van der Waals surface area contributed by atoms with Crippen molar-refractivity contribution in [1.82, 2.24) is 0 Å². The zero-order valence-corrected chi connectivity index (χ0v) is 17.9. The molecule has 0 aliphatic carbocycles. The maximum absolute atomic E-state index is 12.7. The lowest BCUT2D eigenvalue weighted by Gasteiger charge is -2.32. The zero-order chi connectivity index (χ0) is 20.4. The first-order valence-corrected chi connectivity index (χ1v) is 10.8. The van der Waals surface area contributed by atoms with Crippen LogP contribution >= 0.6 is 11.3 Å². The molecule has 29 heavy (non-hydrogen) atoms. The number of anilines is 1. The lowest BCUT2D eigenvalue weighted by molar-refractivity contribution is -0.933. The molecule has 0 radical (unpaired) electrons. The lowest BCUT2D eigenvalue weighted by Crippen LogP contribution is -3.14. The molecule has 152 valence electrons. The van der Waals surface area contributed by atoms with Crippen LogP contribution in [0.4, 0.5) is 5.00 Å². The van der Waals surface area contributed by atoms with Gasteiger partial charge in [-0.1, -0.05) is 29.8 Å². The van der Waals surface area contributed by atoms with Crippen molar-refractivity contribution in [3.05, 3.63) is 75.6 Å². The second-order valence-corrected chi connectivity index (χ2v) is 8.80. The van der Waals surface area contributed by atoms with Crippen LogP contribution < -0.4 is 10.2 Å². The van der Waals surface area contributed by atoms with Gasteiger partial charge < -0.3 is 19.4 Å². The number of carbonyl (C=O) groups excluding carboxylic acids is 1. The Morgan fingerprint density at radius 2 is 1.83 bits per heavy atom. The third-order valence-corrected chi connectivity index (χ3v) is 6.79. The minimum Gasteiger partial charge on any atom is -0.459 e. The molecule has 2 aromatic heterocycles. The van der Waals surface area contributed by atoms with Crippen LogP contribution in [0.3, 0.4) is 0 Å². The molecule has 1 atom stereocenters. The fourth-order valence-electron chi connectivity index (χ4n) is 3.95. The first-order valence-electron chi connectivity index (χ1n) is 9.98. The summed E-state index contributed by atoms with van der Waals surface area (Å²) >= 11 is 1.64. The van der Waals surface area contributed by atoms with Gasteiger partial charge in [0.05, 0.1) is 25.0 Å². The number of hydrogen-bond donors (Lipinski definition) is 2. The second-order valence-electron chi connectivity index (χ2n) is 7.57. The van der Waals surface area contributed by atoms with Crippen molar-refractivity contribution < 1.29 is 18.8 Å². The van der Waals surface area contributed by atoms with Gasteiger partial charge >= 0.3 is 0 Å². The van der Waals surface area contributed by atoms with Gasteiger partial charge in [0.1, 0.15) is 24.1 Å². The molecule has 0 bridgehead atoms. The van der Waals surface area contributed by atoms with Gasteiger partial charge in [-0.05, 0) is 38.5 Å². The maximum atomic E-state index is 12.7. The number of quaternary nitrogens is 1. The summed E-state index contributed by atoms with van der Waals surface area (Å²) in [7, 11) is 0. The maximum Gasteiger partial charge on any atom is 0.291 e. The Hall–Kier alpha value is -2.41. The Kier molecular flexibility index (Phi) is 5.85. The number of thiophene rings is 1. The number of carbonyl (C=O) groups is 1. The molecule has 0 unspecified atom stereocenters. The minimum atomic E-state index is -0.211. The predicted molar refractivity (Wildman–Crippen MR) is 115 cm³/mol. The molecule has 1 aromatic carbocycles. The van der Waals surface area contributed by atoms with E-state index in [2.05, 4.69) is 50.4 Å². The Bertz CT molecular complexity index is 970. The fraction of sp³-hybridized carbons (Fsp3) is 0.348. The number of benzene rings is 1. The van der Waals surface area contributed by atoms with Crippen LogP contribution in [-0.4, -0.2) is 32.2 Å². The first-order chi connectivity index (χ1) is 14.0. The summed E-state index contributed by atoms with van der Waals surface area (Å²) in [6.45, 7) is 9.78. The van der Waals surface area contributed by atoms with E-state index < -0.39 is 0 Å². The van der Waals surface area contributed by atoms with Crippen LogP contribution in [0, 0.1) is 20.8 Å². The van der Waals surface area contributed by atoms with Crippen LogP contribution in [0.5, 0.6) is 0 Å². The number of morpholine rings is 1. The summed E-state index contributed by atoms with van der Waals surface area (Å²) in [5.41, 5.74) is 4.96. The molecule has 0 spiro atoms. The van der Waals surface area contributed by atoms with Crippen LogP contribution in [0.25, 0.3) is 0 Å². The number of furan rings is 1. The fourth-order valence-corrected chi connectivity index (χ4v) is 5.04. The number of aryl methyl sites for hydroxylation is 2. The van der Waals surface area contributed by atoms with Gasteiger partial charge in [0, 0.05) is 10.4 Å². The Balaban J connectivity index is 1.77. The topological polar surface area (TPSA) is 55.9 Å². The first kappa shape index (κ1) is 19.9. The number of nitrogens with one attached hydrogen (secondary N) is 2. The highest BCUT2D eigenvalue weighted by atomic mass is 32.1. The number of amides is 1. The molecule has 1 aliphatic rings. The zero-order valence-electron chi connectivity index (χ0n) is 17.1. The molecule has 1 aliphatic heterocycles. The second kappa shape index (κ2) is 8.53. The quantitative estimate of drug-likeness (QED) is 0.675. The highest BCUT2D eigenvalue weighted by Crippen LogP contribution is 2.38. The molecule has 5 nitrogen and oxygen atoms in total. The van der Waals surface area contributed by atoms with E-state index in [1.165, 1.54) is 38.3 Å². The predicted octanol–water partition coefficient (Wildman–Crippen LogP) is 3.52. The molecule has 1 amide bonds. The van der Waals surface area contributed by atoms with Gasteiger partial charge in [0.15, 0.2) is 5.76 Å². The van der Waals surface area contributed by atoms with Gasteiger partial charge in [0.25, 0.3) is 5.91 Å². The number of rotatable bonds is 5. The molecule has 3 heterocycles. The third kappa shape index (κ3) is 4.15. The lowest BCUT2D eigenvalue weighted by atomic mass is 9.94. The molecule has 6 heteroatoms. The van der Waals surface area contributed by atoms with Gasteiger partial charge in [-0.15, -0.1) is 11.3 Å². The minimum absolute atomic E-state index is 0.149. The van der Waals surface area contributed by atoms with Crippen molar-refractivity contribution in [2.24, 2.45) is 0 Å². The monoisotopic (exact) mass is 411 g/mol. The summed E-state index contributed by atoms with van der Waals surface area (Å²) in [6.07, 6.45) is 1.52. The van der Waals surface area contributed by atoms with Gasteiger partial charge in [0.2, 0.25) is 0 Å². The van der Waals surface area contributed by atoms with Gasteiger partial charge in [-0.3, -0.25) is 4.79 Å². The number of ether oxygens (including phenoxy) is 1. The summed E-state index contributed by atoms with van der Waals surface area (Å²) in [6, 6.07) is 12.3. The van der Waals surface area contributed by atoms with Crippen molar-refractivity contribution in [3.63, 3.8) is 0 Å². The van der Waals surface area contributed by atoms with E-state index in [4.69, 9.17) is 9.15 Å². The SMILES string of the molecule is Cc1ccc([C@@H](c2c(NC(=O)c3ccco3)sc(C)c2C)[NH+]2CCOCC2)cc1. The van der Waals surface area contributed by atoms with Gasteiger partial charge in [-0.2, -0.15) is 0 Å². The Labute approximate surface area is 175 Å². The summed E-state index contributed by atoms with van der Waals surface area (Å²) in [4.78, 5) is 15.4. The smallest absolute Gasteiger partial charge is 0.291 e. The summed E-state index contributed by atoms with van der Waals surface area (Å²) in [5.74, 6) is 0.113. The van der Waals surface area contributed by atoms with Crippen LogP contribution in [-0.2, 0) is 4.74 Å². The summed E-state index contributed by atoms with van der Waals surface area (Å²) < 4.78 is 10.9. The molecule has 0 saturated carbocycles. The van der Waals surface area contributed by atoms with Crippen LogP contribution in [0.2, 0.25) is 0 Å². The van der Waals surface area contributed by atoms with E-state index in [0.717, 1.165) is 31.3 Å². The van der Waals surface area contributed by atoms with Crippen molar-refractivity contribution in [2.45, 2.75) is 26.8 Å². The molecule has 1 fully saturated rings.